The summed E-state index contributed by atoms with van der Waals surface area (Å²) in [4.78, 5) is 24.8. The standard InChI is InChI=1S/C23H24F6O5/c1-13(30)17(10-7-11-21(33,22(24,25)26)23(27,28)29)14(2)34-19(32)16-9-6-8-15(12-16)18(31)20(3,4)5/h6-13,30,33H,2H2,1,3-5H3/b11-7+,17-10+. The number of esters is 1. The molecule has 0 fully saturated rings. The zero-order valence-electron chi connectivity index (χ0n) is 18.7. The molecule has 0 radical (unpaired) electrons. The van der Waals surface area contributed by atoms with Gasteiger partial charge in [0.2, 0.25) is 0 Å². The number of aliphatic hydroxyl groups excluding tert-OH is 1. The van der Waals surface area contributed by atoms with Crippen LogP contribution < -0.4 is 0 Å². The summed E-state index contributed by atoms with van der Waals surface area (Å²) in [5, 5.41) is 18.9. The number of alkyl halides is 6. The van der Waals surface area contributed by atoms with E-state index >= 15 is 0 Å². The van der Waals surface area contributed by atoms with Crippen LogP contribution in [0.1, 0.15) is 48.4 Å². The predicted molar refractivity (Wildman–Crippen MR) is 111 cm³/mol. The van der Waals surface area contributed by atoms with Gasteiger partial charge in [0.25, 0.3) is 5.60 Å². The van der Waals surface area contributed by atoms with Crippen molar-refractivity contribution in [3.63, 3.8) is 0 Å². The summed E-state index contributed by atoms with van der Waals surface area (Å²) in [6.45, 7) is 9.49. The zero-order chi connectivity index (χ0) is 26.7. The highest BCUT2D eigenvalue weighted by atomic mass is 19.4. The summed E-state index contributed by atoms with van der Waals surface area (Å²) in [5.41, 5.74) is -6.19. The second kappa shape index (κ2) is 10.1. The second-order valence-electron chi connectivity index (χ2n) is 8.39. The number of rotatable bonds is 7. The first-order chi connectivity index (χ1) is 15.2. The first kappa shape index (κ1) is 29.1. The van der Waals surface area contributed by atoms with E-state index in [1.54, 1.807) is 20.8 Å². The summed E-state index contributed by atoms with van der Waals surface area (Å²) in [6.07, 6.45) is -13.4. The van der Waals surface area contributed by atoms with E-state index in [-0.39, 0.29) is 23.0 Å². The first-order valence-electron chi connectivity index (χ1n) is 9.72. The summed E-state index contributed by atoms with van der Waals surface area (Å²) in [5.74, 6) is -1.87. The number of Topliss-reactive ketones (excluding diaryl/α,β-unsaturated/α-hetero) is 1. The monoisotopic (exact) mass is 494 g/mol. The van der Waals surface area contributed by atoms with E-state index in [0.29, 0.717) is 6.08 Å². The highest BCUT2D eigenvalue weighted by molar-refractivity contribution is 6.02. The lowest BCUT2D eigenvalue weighted by Gasteiger charge is -2.29. The number of aliphatic hydroxyl groups is 2. The van der Waals surface area contributed by atoms with Crippen molar-refractivity contribution in [1.82, 2.24) is 0 Å². The van der Waals surface area contributed by atoms with Gasteiger partial charge in [0, 0.05) is 16.6 Å². The average Bonchev–Trinajstić information content (AvgIpc) is 2.67. The maximum Gasteiger partial charge on any atom is 0.430 e. The lowest BCUT2D eigenvalue weighted by atomic mass is 9.86. The minimum absolute atomic E-state index is 0.0831. The van der Waals surface area contributed by atoms with Crippen molar-refractivity contribution in [1.29, 1.82) is 0 Å². The maximum atomic E-state index is 12.8. The number of allylic oxidation sites excluding steroid dienone is 2. The van der Waals surface area contributed by atoms with E-state index < -0.39 is 52.9 Å². The summed E-state index contributed by atoms with van der Waals surface area (Å²) in [7, 11) is 0. The Morgan fingerprint density at radius 1 is 1.03 bits per heavy atom. The van der Waals surface area contributed by atoms with E-state index in [1.165, 1.54) is 24.3 Å². The van der Waals surface area contributed by atoms with Crippen LogP contribution in [0.15, 0.2) is 60.4 Å². The number of ether oxygens (including phenoxy) is 1. The van der Waals surface area contributed by atoms with Gasteiger partial charge in [-0.25, -0.2) is 4.79 Å². The molecule has 188 valence electrons. The van der Waals surface area contributed by atoms with Crippen molar-refractivity contribution in [3.8, 4) is 0 Å². The van der Waals surface area contributed by atoms with Crippen LogP contribution in [0.3, 0.4) is 0 Å². The molecule has 2 N–H and O–H groups in total. The van der Waals surface area contributed by atoms with E-state index in [2.05, 4.69) is 6.58 Å². The van der Waals surface area contributed by atoms with Crippen LogP contribution >= 0.6 is 0 Å². The number of halogens is 6. The lowest BCUT2D eigenvalue weighted by Crippen LogP contribution is -2.55. The zero-order valence-corrected chi connectivity index (χ0v) is 18.7. The third-order valence-corrected chi connectivity index (χ3v) is 4.51. The number of carbonyl (C=O) groups is 2. The Morgan fingerprint density at radius 2 is 1.53 bits per heavy atom. The van der Waals surface area contributed by atoms with Gasteiger partial charge in [-0.05, 0) is 25.1 Å². The molecule has 0 amide bonds. The van der Waals surface area contributed by atoms with E-state index in [0.717, 1.165) is 6.92 Å². The SMILES string of the molecule is C=C(OC(=O)c1cccc(C(=O)C(C)(C)C)c1)/C(=C/C=C/C(O)(C(F)(F)F)C(F)(F)F)C(C)O. The van der Waals surface area contributed by atoms with Crippen LogP contribution in [-0.4, -0.2) is 46.0 Å². The Morgan fingerprint density at radius 3 is 1.97 bits per heavy atom. The van der Waals surface area contributed by atoms with Crippen LogP contribution in [0.2, 0.25) is 0 Å². The molecule has 0 saturated carbocycles. The molecule has 0 aliphatic carbocycles. The van der Waals surface area contributed by atoms with Crippen LogP contribution in [0.5, 0.6) is 0 Å². The molecule has 0 bridgehead atoms. The number of hydrogen-bond donors (Lipinski definition) is 2. The highest BCUT2D eigenvalue weighted by Crippen LogP contribution is 2.44. The molecule has 0 heterocycles. The number of ketones is 1. The van der Waals surface area contributed by atoms with Crippen molar-refractivity contribution in [3.05, 3.63) is 71.5 Å². The molecule has 0 aliphatic rings. The molecular weight excluding hydrogens is 470 g/mol. The van der Waals surface area contributed by atoms with Gasteiger partial charge in [-0.15, -0.1) is 0 Å². The first-order valence-corrected chi connectivity index (χ1v) is 9.72. The second-order valence-corrected chi connectivity index (χ2v) is 8.39. The minimum atomic E-state index is -6.07. The topological polar surface area (TPSA) is 83.8 Å². The molecule has 1 atom stereocenters. The van der Waals surface area contributed by atoms with Crippen molar-refractivity contribution >= 4 is 11.8 Å². The molecule has 1 rings (SSSR count). The molecule has 5 nitrogen and oxygen atoms in total. The van der Waals surface area contributed by atoms with Gasteiger partial charge in [-0.3, -0.25) is 4.79 Å². The molecule has 0 saturated heterocycles. The third-order valence-electron chi connectivity index (χ3n) is 4.51. The van der Waals surface area contributed by atoms with Gasteiger partial charge in [0.1, 0.15) is 5.76 Å². The smallest absolute Gasteiger partial charge is 0.423 e. The van der Waals surface area contributed by atoms with E-state index in [4.69, 9.17) is 9.84 Å². The molecule has 0 aliphatic heterocycles. The fraction of sp³-hybridized carbons (Fsp3) is 0.391. The summed E-state index contributed by atoms with van der Waals surface area (Å²) < 4.78 is 81.6. The highest BCUT2D eigenvalue weighted by Gasteiger charge is 2.68. The quantitative estimate of drug-likeness (QED) is 0.177. The number of benzene rings is 1. The normalized spacial score (nSPS) is 14.8. The van der Waals surface area contributed by atoms with Gasteiger partial charge >= 0.3 is 18.3 Å². The largest absolute Gasteiger partial charge is 0.430 e. The van der Waals surface area contributed by atoms with Crippen LogP contribution in [0, 0.1) is 5.41 Å². The molecule has 1 unspecified atom stereocenters. The fourth-order valence-electron chi connectivity index (χ4n) is 2.56. The molecular formula is C23H24F6O5. The Hall–Kier alpha value is -2.92. The number of hydrogen-bond acceptors (Lipinski definition) is 5. The molecule has 0 aromatic heterocycles. The minimum Gasteiger partial charge on any atom is -0.423 e. The molecule has 1 aromatic carbocycles. The Bertz CT molecular complexity index is 980. The van der Waals surface area contributed by atoms with E-state index in [1.807, 2.05) is 0 Å². The van der Waals surface area contributed by atoms with Crippen molar-refractivity contribution < 1.29 is 50.9 Å². The molecule has 0 spiro atoms. The van der Waals surface area contributed by atoms with Crippen LogP contribution in [-0.2, 0) is 4.74 Å². The van der Waals surface area contributed by atoms with Gasteiger partial charge in [0.05, 0.1) is 11.7 Å². The Labute approximate surface area is 192 Å². The Balaban J connectivity index is 3.19. The molecule has 1 aromatic rings. The van der Waals surface area contributed by atoms with Gasteiger partial charge in [-0.2, -0.15) is 26.3 Å². The summed E-state index contributed by atoms with van der Waals surface area (Å²) >= 11 is 0. The maximum absolute atomic E-state index is 12.8. The van der Waals surface area contributed by atoms with Crippen LogP contribution in [0.4, 0.5) is 26.3 Å². The van der Waals surface area contributed by atoms with Crippen molar-refractivity contribution in [2.45, 2.75) is 51.8 Å². The van der Waals surface area contributed by atoms with Crippen LogP contribution in [0.25, 0.3) is 0 Å². The van der Waals surface area contributed by atoms with Gasteiger partial charge < -0.3 is 14.9 Å². The van der Waals surface area contributed by atoms with Crippen molar-refractivity contribution in [2.24, 2.45) is 5.41 Å². The predicted octanol–water partition coefficient (Wildman–Crippen LogP) is 5.31. The Kier molecular flexibility index (Phi) is 8.68. The average molecular weight is 494 g/mol. The third kappa shape index (κ3) is 6.80. The fourth-order valence-corrected chi connectivity index (χ4v) is 2.56. The lowest BCUT2D eigenvalue weighted by molar-refractivity contribution is -0.347. The number of carbonyl (C=O) groups excluding carboxylic acids is 2. The van der Waals surface area contributed by atoms with Crippen molar-refractivity contribution in [2.75, 3.05) is 0 Å². The van der Waals surface area contributed by atoms with E-state index in [9.17, 15) is 41.0 Å². The van der Waals surface area contributed by atoms with Gasteiger partial charge in [0.15, 0.2) is 5.78 Å². The molecule has 11 heteroatoms. The summed E-state index contributed by atoms with van der Waals surface area (Å²) in [6, 6.07) is 5.46. The molecule has 34 heavy (non-hydrogen) atoms. The van der Waals surface area contributed by atoms with Gasteiger partial charge in [-0.1, -0.05) is 51.6 Å².